The van der Waals surface area contributed by atoms with E-state index in [1.807, 2.05) is 69.3 Å². The molecule has 0 aliphatic rings. The van der Waals surface area contributed by atoms with Crippen molar-refractivity contribution in [3.63, 3.8) is 0 Å². The van der Waals surface area contributed by atoms with Crippen molar-refractivity contribution in [2.45, 2.75) is 33.2 Å². The summed E-state index contributed by atoms with van der Waals surface area (Å²) >= 11 is 6.53. The van der Waals surface area contributed by atoms with Gasteiger partial charge in [0.15, 0.2) is 5.65 Å². The highest BCUT2D eigenvalue weighted by molar-refractivity contribution is 6.33. The summed E-state index contributed by atoms with van der Waals surface area (Å²) < 4.78 is 5.90. The molecule has 0 atom stereocenters. The van der Waals surface area contributed by atoms with E-state index < -0.39 is 5.54 Å². The number of fused-ring (bicyclic) bond motifs is 1. The van der Waals surface area contributed by atoms with E-state index in [4.69, 9.17) is 21.2 Å². The number of imidazole rings is 1. The summed E-state index contributed by atoms with van der Waals surface area (Å²) in [5.41, 5.74) is 4.81. The number of carbonyl (C=O) groups is 1. The van der Waals surface area contributed by atoms with Crippen LogP contribution in [0.15, 0.2) is 59.8 Å². The number of pyridine rings is 1. The number of halogens is 1. The van der Waals surface area contributed by atoms with Gasteiger partial charge < -0.3 is 19.9 Å². The van der Waals surface area contributed by atoms with Crippen LogP contribution in [0.5, 0.6) is 11.8 Å². The fraction of sp³-hybridized carbons (Fsp3) is 0.231. The Kier molecular flexibility index (Phi) is 6.75. The topological polar surface area (TPSA) is 101 Å². The van der Waals surface area contributed by atoms with Gasteiger partial charge in [-0.1, -0.05) is 53.2 Å². The molecule has 0 radical (unpaired) electrons. The number of carbonyl (C=O) groups excluding carboxylic acids is 1. The Balaban J connectivity index is 1.56. The predicted octanol–water partition coefficient (Wildman–Crippen LogP) is 5.81. The minimum Gasteiger partial charge on any atom is -0.426 e. The van der Waals surface area contributed by atoms with Crippen LogP contribution in [0, 0.1) is 0 Å². The first-order valence-electron chi connectivity index (χ1n) is 11.0. The van der Waals surface area contributed by atoms with E-state index >= 15 is 0 Å². The van der Waals surface area contributed by atoms with Crippen LogP contribution < -0.4 is 10.1 Å². The fourth-order valence-corrected chi connectivity index (χ4v) is 4.03. The Morgan fingerprint density at radius 1 is 1.06 bits per heavy atom. The van der Waals surface area contributed by atoms with Crippen molar-refractivity contribution in [2.24, 2.45) is 5.16 Å². The number of hydrogen-bond acceptors (Lipinski definition) is 6. The summed E-state index contributed by atoms with van der Waals surface area (Å²) in [7, 11) is 1.52. The van der Waals surface area contributed by atoms with Crippen molar-refractivity contribution in [2.75, 3.05) is 7.11 Å². The van der Waals surface area contributed by atoms with Gasteiger partial charge in [-0.2, -0.15) is 4.98 Å². The molecule has 0 bridgehead atoms. The summed E-state index contributed by atoms with van der Waals surface area (Å²) in [6.07, 6.45) is 0. The number of nitrogens with zero attached hydrogens (tertiary/aromatic N) is 3. The SMILES string of the molecule is CO/N=C(\C)c1ccc(-c2nc3nc(Oc4ccc(C(C)(C)NC(C)=O)cc4)[nH]c3cc2Cl)cc1. The second-order valence-corrected chi connectivity index (χ2v) is 9.01. The van der Waals surface area contributed by atoms with Crippen molar-refractivity contribution in [3.8, 4) is 23.0 Å². The molecule has 0 saturated carbocycles. The molecule has 4 rings (SSSR count). The van der Waals surface area contributed by atoms with Gasteiger partial charge >= 0.3 is 6.01 Å². The Hall–Kier alpha value is -3.91. The highest BCUT2D eigenvalue weighted by Gasteiger charge is 2.21. The van der Waals surface area contributed by atoms with Crippen LogP contribution in [-0.2, 0) is 15.2 Å². The molecule has 1 amide bonds. The second-order valence-electron chi connectivity index (χ2n) is 8.60. The third kappa shape index (κ3) is 5.44. The lowest BCUT2D eigenvalue weighted by Gasteiger charge is -2.26. The molecule has 8 nitrogen and oxygen atoms in total. The standard InChI is InChI=1S/C26H26ClN5O3/c1-15(32-34-5)17-6-8-18(9-7-17)23-21(27)14-22-24(29-23)30-25(28-22)35-20-12-10-19(11-13-20)26(3,4)31-16(2)33/h6-14H,1-5H3,(H,31,33)(H,28,29,30)/b32-15+. The van der Waals surface area contributed by atoms with Gasteiger partial charge in [0, 0.05) is 12.5 Å². The van der Waals surface area contributed by atoms with Crippen LogP contribution in [-0.4, -0.2) is 33.7 Å². The zero-order chi connectivity index (χ0) is 25.2. The van der Waals surface area contributed by atoms with E-state index in [-0.39, 0.29) is 5.91 Å². The molecular formula is C26H26ClN5O3. The zero-order valence-corrected chi connectivity index (χ0v) is 20.9. The summed E-state index contributed by atoms with van der Waals surface area (Å²) in [6, 6.07) is 17.3. The number of H-pyrrole nitrogens is 1. The van der Waals surface area contributed by atoms with Crippen molar-refractivity contribution in [3.05, 3.63) is 70.7 Å². The van der Waals surface area contributed by atoms with E-state index in [1.54, 1.807) is 6.07 Å². The molecule has 0 unspecified atom stereocenters. The monoisotopic (exact) mass is 491 g/mol. The lowest BCUT2D eigenvalue weighted by atomic mass is 9.94. The van der Waals surface area contributed by atoms with Gasteiger partial charge in [-0.15, -0.1) is 0 Å². The molecule has 0 aliphatic carbocycles. The Morgan fingerprint density at radius 2 is 1.74 bits per heavy atom. The largest absolute Gasteiger partial charge is 0.426 e. The van der Waals surface area contributed by atoms with Gasteiger partial charge in [-0.25, -0.2) is 4.98 Å². The number of benzene rings is 2. The molecule has 2 N–H and O–H groups in total. The summed E-state index contributed by atoms with van der Waals surface area (Å²) in [5, 5.41) is 7.37. The molecular weight excluding hydrogens is 466 g/mol. The molecule has 2 heterocycles. The van der Waals surface area contributed by atoms with Crippen molar-refractivity contribution >= 4 is 34.4 Å². The van der Waals surface area contributed by atoms with E-state index in [9.17, 15) is 4.79 Å². The smallest absolute Gasteiger partial charge is 0.301 e. The lowest BCUT2D eigenvalue weighted by Crippen LogP contribution is -2.39. The van der Waals surface area contributed by atoms with Gasteiger partial charge in [0.1, 0.15) is 12.9 Å². The molecule has 180 valence electrons. The summed E-state index contributed by atoms with van der Waals surface area (Å²) in [5.74, 6) is 0.510. The Labute approximate surface area is 208 Å². The summed E-state index contributed by atoms with van der Waals surface area (Å²) in [4.78, 5) is 28.5. The maximum Gasteiger partial charge on any atom is 0.301 e. The molecule has 0 spiro atoms. The molecule has 9 heteroatoms. The minimum atomic E-state index is -0.492. The molecule has 0 aliphatic heterocycles. The van der Waals surface area contributed by atoms with E-state index in [0.29, 0.717) is 33.6 Å². The van der Waals surface area contributed by atoms with E-state index in [2.05, 4.69) is 25.4 Å². The number of amides is 1. The molecule has 35 heavy (non-hydrogen) atoms. The van der Waals surface area contributed by atoms with Gasteiger partial charge in [0.2, 0.25) is 5.91 Å². The Morgan fingerprint density at radius 3 is 2.37 bits per heavy atom. The first-order valence-corrected chi connectivity index (χ1v) is 11.4. The van der Waals surface area contributed by atoms with Crippen LogP contribution in [0.2, 0.25) is 5.02 Å². The van der Waals surface area contributed by atoms with Gasteiger partial charge in [0.05, 0.1) is 27.5 Å². The number of ether oxygens (including phenoxy) is 1. The maximum atomic E-state index is 11.5. The third-order valence-electron chi connectivity index (χ3n) is 5.49. The highest BCUT2D eigenvalue weighted by Crippen LogP contribution is 2.31. The number of oxime groups is 1. The number of nitrogens with one attached hydrogen (secondary N) is 2. The first-order chi connectivity index (χ1) is 16.7. The molecule has 4 aromatic rings. The first kappa shape index (κ1) is 24.2. The fourth-order valence-electron chi connectivity index (χ4n) is 3.77. The van der Waals surface area contributed by atoms with E-state index in [0.717, 1.165) is 22.4 Å². The average molecular weight is 492 g/mol. The predicted molar refractivity (Wildman–Crippen MR) is 137 cm³/mol. The van der Waals surface area contributed by atoms with Crippen molar-refractivity contribution in [1.29, 1.82) is 0 Å². The van der Waals surface area contributed by atoms with Crippen LogP contribution in [0.1, 0.15) is 38.8 Å². The number of aromatic amines is 1. The van der Waals surface area contributed by atoms with Crippen LogP contribution in [0.3, 0.4) is 0 Å². The van der Waals surface area contributed by atoms with Crippen LogP contribution >= 0.6 is 11.6 Å². The average Bonchev–Trinajstić information content (AvgIpc) is 3.19. The van der Waals surface area contributed by atoms with Crippen LogP contribution in [0.25, 0.3) is 22.4 Å². The Bertz CT molecular complexity index is 1390. The van der Waals surface area contributed by atoms with Crippen molar-refractivity contribution < 1.29 is 14.4 Å². The third-order valence-corrected chi connectivity index (χ3v) is 5.78. The van der Waals surface area contributed by atoms with Gasteiger partial charge in [-0.05, 0) is 50.1 Å². The summed E-state index contributed by atoms with van der Waals surface area (Å²) in [6.45, 7) is 7.26. The van der Waals surface area contributed by atoms with E-state index in [1.165, 1.54) is 14.0 Å². The zero-order valence-electron chi connectivity index (χ0n) is 20.1. The van der Waals surface area contributed by atoms with Crippen LogP contribution in [0.4, 0.5) is 0 Å². The minimum absolute atomic E-state index is 0.0888. The van der Waals surface area contributed by atoms with Gasteiger partial charge in [-0.3, -0.25) is 4.79 Å². The second kappa shape index (κ2) is 9.76. The number of aromatic nitrogens is 3. The molecule has 2 aromatic heterocycles. The van der Waals surface area contributed by atoms with Gasteiger partial charge in [0.25, 0.3) is 0 Å². The number of hydrogen-bond donors (Lipinski definition) is 2. The molecule has 2 aromatic carbocycles. The lowest BCUT2D eigenvalue weighted by molar-refractivity contribution is -0.120. The highest BCUT2D eigenvalue weighted by atomic mass is 35.5. The van der Waals surface area contributed by atoms with Crippen molar-refractivity contribution in [1.82, 2.24) is 20.3 Å². The maximum absolute atomic E-state index is 11.5. The molecule has 0 fully saturated rings. The normalized spacial score (nSPS) is 12.0. The quantitative estimate of drug-likeness (QED) is 0.251. The molecule has 0 saturated heterocycles. The number of rotatable bonds is 7.